The van der Waals surface area contributed by atoms with Gasteiger partial charge in [-0.2, -0.15) is 0 Å². The Labute approximate surface area is 83.5 Å². The van der Waals surface area contributed by atoms with Gasteiger partial charge in [0.1, 0.15) is 0 Å². The Kier molecular flexibility index (Phi) is 3.15. The molecule has 11 heavy (non-hydrogen) atoms. The van der Waals surface area contributed by atoms with Gasteiger partial charge >= 0.3 is 0 Å². The lowest BCUT2D eigenvalue weighted by Gasteiger charge is -1.99. The van der Waals surface area contributed by atoms with Crippen LogP contribution in [0, 0.1) is 0 Å². The van der Waals surface area contributed by atoms with Gasteiger partial charge in [0.2, 0.25) is 0 Å². The second-order valence-electron chi connectivity index (χ2n) is 2.65. The first-order valence-electron chi connectivity index (χ1n) is 3.68. The van der Waals surface area contributed by atoms with Crippen LogP contribution in [0.25, 0.3) is 0 Å². The number of hydrogen-bond acceptors (Lipinski definition) is 0. The molecular weight excluding hydrogens is 144 g/mol. The molecule has 0 aliphatic heterocycles. The lowest BCUT2D eigenvalue weighted by Crippen LogP contribution is -1.80. The summed E-state index contributed by atoms with van der Waals surface area (Å²) < 4.78 is 0. The Morgan fingerprint density at radius 3 is 1.55 bits per heavy atom. The minimum atomic E-state index is 0. The third kappa shape index (κ3) is 1.85. The Balaban J connectivity index is 0.000000605. The molecule has 0 nitrogen and oxygen atoms in total. The predicted molar refractivity (Wildman–Crippen MR) is 49.4 cm³/mol. The zero-order valence-electron chi connectivity index (χ0n) is 6.59. The van der Waals surface area contributed by atoms with Crippen LogP contribution in [0.4, 0.5) is 0 Å². The summed E-state index contributed by atoms with van der Waals surface area (Å²) in [5.74, 6) is 0. The Hall–Kier alpha value is -0.274. The van der Waals surface area contributed by atoms with Crippen molar-refractivity contribution in [3.63, 3.8) is 0 Å². The van der Waals surface area contributed by atoms with E-state index in [1.807, 2.05) is 0 Å². The van der Waals surface area contributed by atoms with Crippen LogP contribution in [-0.2, 0) is 0 Å². The van der Waals surface area contributed by atoms with Crippen LogP contribution in [-0.4, -0.2) is 23.1 Å². The molecule has 2 radical (unpaired) electrons. The molecule has 0 bridgehead atoms. The Morgan fingerprint density at radius 1 is 0.818 bits per heavy atom. The van der Waals surface area contributed by atoms with E-state index >= 15 is 0 Å². The lowest BCUT2D eigenvalue weighted by molar-refractivity contribution is 1.18. The van der Waals surface area contributed by atoms with E-state index in [-0.39, 0.29) is 23.1 Å². The van der Waals surface area contributed by atoms with Crippen molar-refractivity contribution in [2.75, 3.05) is 0 Å². The van der Waals surface area contributed by atoms with Crippen molar-refractivity contribution >= 4 is 23.1 Å². The maximum atomic E-state index is 2.21. The van der Waals surface area contributed by atoms with Crippen molar-refractivity contribution in [2.45, 2.75) is 12.8 Å². The van der Waals surface area contributed by atoms with E-state index in [0.29, 0.717) is 0 Å². The molecule has 0 N–H and O–H groups in total. The van der Waals surface area contributed by atoms with E-state index in [1.54, 1.807) is 0 Å². The first-order valence-corrected chi connectivity index (χ1v) is 3.68. The molecule has 0 saturated carbocycles. The fraction of sp³-hybridized carbons (Fsp3) is 0.200. The van der Waals surface area contributed by atoms with Crippen molar-refractivity contribution in [3.05, 3.63) is 47.6 Å². The van der Waals surface area contributed by atoms with Gasteiger partial charge in [-0.1, -0.05) is 36.5 Å². The Morgan fingerprint density at radius 2 is 1.27 bits per heavy atom. The van der Waals surface area contributed by atoms with E-state index in [0.717, 1.165) is 12.8 Å². The van der Waals surface area contributed by atoms with E-state index in [1.165, 1.54) is 11.1 Å². The molecule has 2 aliphatic carbocycles. The molecule has 0 fully saturated rings. The molecule has 52 valence electrons. The van der Waals surface area contributed by atoms with Gasteiger partial charge in [0.25, 0.3) is 0 Å². The molecule has 0 unspecified atom stereocenters. The largest absolute Gasteiger partial charge is 0.0801 e. The van der Waals surface area contributed by atoms with Crippen molar-refractivity contribution in [1.82, 2.24) is 0 Å². The minimum absolute atomic E-state index is 0. The van der Waals surface area contributed by atoms with Crippen molar-refractivity contribution in [3.8, 4) is 0 Å². The van der Waals surface area contributed by atoms with Crippen molar-refractivity contribution in [2.24, 2.45) is 0 Å². The number of allylic oxidation sites excluding steroid dienone is 8. The van der Waals surface area contributed by atoms with Gasteiger partial charge in [-0.25, -0.2) is 0 Å². The van der Waals surface area contributed by atoms with Crippen LogP contribution >= 0.6 is 0 Å². The lowest BCUT2D eigenvalue weighted by atomic mass is 10.1. The molecular formula is C10H10Mg. The molecule has 0 saturated heterocycles. The minimum Gasteiger partial charge on any atom is -0.0801 e. The summed E-state index contributed by atoms with van der Waals surface area (Å²) in [7, 11) is 0. The molecule has 1 heteroatoms. The maximum Gasteiger partial charge on any atom is 0 e. The van der Waals surface area contributed by atoms with Gasteiger partial charge in [0.05, 0.1) is 0 Å². The quantitative estimate of drug-likeness (QED) is 0.509. The summed E-state index contributed by atoms with van der Waals surface area (Å²) >= 11 is 0. The number of rotatable bonds is 1. The fourth-order valence-electron chi connectivity index (χ4n) is 1.37. The molecule has 0 atom stereocenters. The van der Waals surface area contributed by atoms with Gasteiger partial charge < -0.3 is 0 Å². The standard InChI is InChI=1S/C10H10.Mg/c1-2-6-9(5-1)10-7-3-4-8-10;/h1-5,7H,6,8H2;. The first-order chi connectivity index (χ1) is 4.97. The summed E-state index contributed by atoms with van der Waals surface area (Å²) in [5.41, 5.74) is 2.98. The summed E-state index contributed by atoms with van der Waals surface area (Å²) in [4.78, 5) is 0. The highest BCUT2D eigenvalue weighted by atomic mass is 24.3. The maximum absolute atomic E-state index is 2.21. The summed E-state index contributed by atoms with van der Waals surface area (Å²) in [6, 6.07) is 0. The molecule has 0 amide bonds. The van der Waals surface area contributed by atoms with Crippen LogP contribution in [0.15, 0.2) is 47.6 Å². The molecule has 2 aliphatic rings. The van der Waals surface area contributed by atoms with Crippen LogP contribution in [0.2, 0.25) is 0 Å². The van der Waals surface area contributed by atoms with E-state index in [4.69, 9.17) is 0 Å². The van der Waals surface area contributed by atoms with Crippen LogP contribution in [0.3, 0.4) is 0 Å². The van der Waals surface area contributed by atoms with Gasteiger partial charge in [-0.15, -0.1) is 0 Å². The second-order valence-corrected chi connectivity index (χ2v) is 2.65. The van der Waals surface area contributed by atoms with Gasteiger partial charge in [0.15, 0.2) is 0 Å². The van der Waals surface area contributed by atoms with Crippen LogP contribution in [0.5, 0.6) is 0 Å². The molecule has 2 rings (SSSR count). The first kappa shape index (κ1) is 8.82. The highest BCUT2D eigenvalue weighted by molar-refractivity contribution is 5.75. The van der Waals surface area contributed by atoms with Gasteiger partial charge in [-0.05, 0) is 24.0 Å². The normalized spacial score (nSPS) is 19.6. The van der Waals surface area contributed by atoms with E-state index < -0.39 is 0 Å². The van der Waals surface area contributed by atoms with Gasteiger partial charge in [0, 0.05) is 23.1 Å². The molecule has 0 aromatic carbocycles. The molecule has 0 spiro atoms. The highest BCUT2D eigenvalue weighted by Gasteiger charge is 2.05. The fourth-order valence-corrected chi connectivity index (χ4v) is 1.37. The second kappa shape index (κ2) is 3.93. The molecule has 0 heterocycles. The molecule has 0 aromatic rings. The SMILES string of the molecule is C1=CCC(C2=CC=CC2)=C1.[Mg]. The molecule has 0 aromatic heterocycles. The third-order valence-electron chi connectivity index (χ3n) is 1.95. The number of hydrogen-bond donors (Lipinski definition) is 0. The predicted octanol–water partition coefficient (Wildman–Crippen LogP) is 2.38. The summed E-state index contributed by atoms with van der Waals surface area (Å²) in [6.07, 6.45) is 15.4. The summed E-state index contributed by atoms with van der Waals surface area (Å²) in [5, 5.41) is 0. The van der Waals surface area contributed by atoms with Crippen LogP contribution < -0.4 is 0 Å². The Bertz CT molecular complexity index is 226. The van der Waals surface area contributed by atoms with Gasteiger partial charge in [-0.3, -0.25) is 0 Å². The smallest absolute Gasteiger partial charge is 0 e. The average molecular weight is 154 g/mol. The van der Waals surface area contributed by atoms with E-state index in [2.05, 4.69) is 36.5 Å². The van der Waals surface area contributed by atoms with E-state index in [9.17, 15) is 0 Å². The third-order valence-corrected chi connectivity index (χ3v) is 1.95. The zero-order valence-corrected chi connectivity index (χ0v) is 8.00. The average Bonchev–Trinajstić information content (AvgIpc) is 2.59. The van der Waals surface area contributed by atoms with Crippen molar-refractivity contribution < 1.29 is 0 Å². The topological polar surface area (TPSA) is 0 Å². The monoisotopic (exact) mass is 154 g/mol. The van der Waals surface area contributed by atoms with Crippen molar-refractivity contribution in [1.29, 1.82) is 0 Å². The van der Waals surface area contributed by atoms with Crippen LogP contribution in [0.1, 0.15) is 12.8 Å². The highest BCUT2D eigenvalue weighted by Crippen LogP contribution is 2.25. The summed E-state index contributed by atoms with van der Waals surface area (Å²) in [6.45, 7) is 0. The zero-order chi connectivity index (χ0) is 6.81.